The summed E-state index contributed by atoms with van der Waals surface area (Å²) in [5.41, 5.74) is 3.09. The van der Waals surface area contributed by atoms with Crippen LogP contribution in [0, 0.1) is 24.7 Å². The number of carbonyl (C=O) groups is 3. The van der Waals surface area contributed by atoms with Crippen LogP contribution >= 0.6 is 11.6 Å². The van der Waals surface area contributed by atoms with Crippen molar-refractivity contribution >= 4 is 46.0 Å². The number of halogens is 1. The number of rotatable bonds is 3. The second kappa shape index (κ2) is 7.96. The zero-order chi connectivity index (χ0) is 23.4. The van der Waals surface area contributed by atoms with Gasteiger partial charge in [0.25, 0.3) is 0 Å². The van der Waals surface area contributed by atoms with Gasteiger partial charge in [-0.25, -0.2) is 9.78 Å². The molecule has 5 rings (SSSR count). The van der Waals surface area contributed by atoms with Gasteiger partial charge < -0.3 is 5.11 Å². The summed E-state index contributed by atoms with van der Waals surface area (Å²) in [6, 6.07) is 11.9. The van der Waals surface area contributed by atoms with Gasteiger partial charge in [0.2, 0.25) is 11.8 Å². The van der Waals surface area contributed by atoms with Gasteiger partial charge in [0.15, 0.2) is 0 Å². The summed E-state index contributed by atoms with van der Waals surface area (Å²) in [6.07, 6.45) is 2.48. The van der Waals surface area contributed by atoms with E-state index in [1.165, 1.54) is 11.0 Å². The highest BCUT2D eigenvalue weighted by Crippen LogP contribution is 2.42. The van der Waals surface area contributed by atoms with Crippen LogP contribution in [0.3, 0.4) is 0 Å². The van der Waals surface area contributed by atoms with Crippen LogP contribution in [-0.2, 0) is 9.59 Å². The number of carbonyl (C=O) groups excluding carboxylic acids is 2. The number of aromatic carboxylic acids is 1. The van der Waals surface area contributed by atoms with Crippen molar-refractivity contribution in [3.8, 4) is 11.3 Å². The summed E-state index contributed by atoms with van der Waals surface area (Å²) >= 11 is 6.24. The second-order valence-corrected chi connectivity index (χ2v) is 9.53. The molecule has 2 amide bonds. The first-order chi connectivity index (χ1) is 15.8. The zero-order valence-electron chi connectivity index (χ0n) is 18.3. The molecule has 3 atom stereocenters. The van der Waals surface area contributed by atoms with Crippen molar-refractivity contribution in [1.82, 2.24) is 4.98 Å². The topological polar surface area (TPSA) is 87.6 Å². The number of fused-ring (bicyclic) bond motifs is 2. The lowest BCUT2D eigenvalue weighted by Gasteiger charge is -2.25. The first-order valence-electron chi connectivity index (χ1n) is 11.1. The van der Waals surface area contributed by atoms with E-state index in [4.69, 9.17) is 11.6 Å². The van der Waals surface area contributed by atoms with E-state index in [9.17, 15) is 19.5 Å². The van der Waals surface area contributed by atoms with Gasteiger partial charge in [-0.1, -0.05) is 36.7 Å². The minimum atomic E-state index is -1.05. The predicted octanol–water partition coefficient (Wildman–Crippen LogP) is 5.49. The molecule has 3 aromatic rings. The smallest absolute Gasteiger partial charge is 0.336 e. The molecule has 2 fully saturated rings. The normalized spacial score (nSPS) is 22.6. The van der Waals surface area contributed by atoms with Crippen LogP contribution in [0.25, 0.3) is 22.2 Å². The van der Waals surface area contributed by atoms with Crippen molar-refractivity contribution in [3.63, 3.8) is 0 Å². The van der Waals surface area contributed by atoms with E-state index < -0.39 is 5.97 Å². The molecule has 0 spiro atoms. The van der Waals surface area contributed by atoms with E-state index in [1.807, 2.05) is 0 Å². The van der Waals surface area contributed by atoms with Gasteiger partial charge in [0.1, 0.15) is 0 Å². The number of benzene rings is 2. The fourth-order valence-electron chi connectivity index (χ4n) is 5.15. The molecule has 1 saturated heterocycles. The maximum atomic E-state index is 13.0. The van der Waals surface area contributed by atoms with Crippen LogP contribution in [0.1, 0.15) is 42.1 Å². The minimum absolute atomic E-state index is 0.119. The molecule has 1 saturated carbocycles. The number of imide groups is 1. The Morgan fingerprint density at radius 2 is 1.76 bits per heavy atom. The van der Waals surface area contributed by atoms with Crippen LogP contribution in [-0.4, -0.2) is 27.9 Å². The lowest BCUT2D eigenvalue weighted by molar-refractivity contribution is -0.122. The average molecular weight is 463 g/mol. The summed E-state index contributed by atoms with van der Waals surface area (Å²) in [7, 11) is 0. The maximum absolute atomic E-state index is 13.0. The number of pyridine rings is 1. The highest BCUT2D eigenvalue weighted by atomic mass is 35.5. The molecule has 1 aliphatic carbocycles. The molecule has 1 N–H and O–H groups in total. The van der Waals surface area contributed by atoms with Crippen molar-refractivity contribution < 1.29 is 19.5 Å². The molecular weight excluding hydrogens is 440 g/mol. The second-order valence-electron chi connectivity index (χ2n) is 9.12. The van der Waals surface area contributed by atoms with Crippen molar-refractivity contribution in [2.45, 2.75) is 33.1 Å². The van der Waals surface area contributed by atoms with Crippen LogP contribution in [0.2, 0.25) is 5.02 Å². The molecule has 168 valence electrons. The van der Waals surface area contributed by atoms with Crippen LogP contribution < -0.4 is 4.90 Å². The number of carboxylic acid groups (broad SMARTS) is 1. The van der Waals surface area contributed by atoms with E-state index in [1.54, 1.807) is 43.3 Å². The van der Waals surface area contributed by atoms with Crippen molar-refractivity contribution in [3.05, 3.63) is 58.6 Å². The van der Waals surface area contributed by atoms with Crippen molar-refractivity contribution in [2.24, 2.45) is 17.8 Å². The number of hydrogen-bond donors (Lipinski definition) is 1. The van der Waals surface area contributed by atoms with Crippen molar-refractivity contribution in [2.75, 3.05) is 4.90 Å². The molecule has 3 unspecified atom stereocenters. The van der Waals surface area contributed by atoms with E-state index in [-0.39, 0.29) is 29.2 Å². The Morgan fingerprint density at radius 1 is 1.06 bits per heavy atom. The van der Waals surface area contributed by atoms with Crippen molar-refractivity contribution in [1.29, 1.82) is 0 Å². The standard InChI is InChI=1S/C26H23ClN2O4/c1-13-3-8-18-19(11-13)25(31)29(24(18)30)16-6-4-15(5-7-16)22-12-20(26(32)33)17-9-10-21(27)14(2)23(17)28-22/h4-7,9-10,12-13,18-19H,3,8,11H2,1-2H3,(H,32,33). The van der Waals surface area contributed by atoms with E-state index >= 15 is 0 Å². The number of aryl methyl sites for hydroxylation is 1. The Labute approximate surface area is 196 Å². The SMILES string of the molecule is Cc1c(Cl)ccc2c(C(=O)O)cc(-c3ccc(N4C(=O)C5CCC(C)CC5C4=O)cc3)nc12. The average Bonchev–Trinajstić information content (AvgIpc) is 3.05. The molecule has 1 aromatic heterocycles. The number of anilines is 1. The molecule has 33 heavy (non-hydrogen) atoms. The largest absolute Gasteiger partial charge is 0.478 e. The lowest BCUT2D eigenvalue weighted by atomic mass is 9.76. The van der Waals surface area contributed by atoms with Gasteiger partial charge >= 0.3 is 5.97 Å². The van der Waals surface area contributed by atoms with Gasteiger partial charge in [0, 0.05) is 16.0 Å². The first-order valence-corrected chi connectivity index (χ1v) is 11.5. The highest BCUT2D eigenvalue weighted by molar-refractivity contribution is 6.32. The summed E-state index contributed by atoms with van der Waals surface area (Å²) in [6.45, 7) is 3.93. The number of hydrogen-bond acceptors (Lipinski definition) is 4. The van der Waals surface area contributed by atoms with Gasteiger partial charge in [0.05, 0.1) is 34.3 Å². The fourth-order valence-corrected chi connectivity index (χ4v) is 5.31. The Bertz CT molecular complexity index is 1320. The lowest BCUT2D eigenvalue weighted by Crippen LogP contribution is -2.30. The summed E-state index contributed by atoms with van der Waals surface area (Å²) in [5.74, 6) is -1.29. The Morgan fingerprint density at radius 3 is 2.45 bits per heavy atom. The first kappa shape index (κ1) is 21.6. The molecule has 2 aromatic carbocycles. The third-order valence-corrected chi connectivity index (χ3v) is 7.42. The minimum Gasteiger partial charge on any atom is -0.478 e. The predicted molar refractivity (Wildman–Crippen MR) is 126 cm³/mol. The van der Waals surface area contributed by atoms with Gasteiger partial charge in [-0.15, -0.1) is 0 Å². The van der Waals surface area contributed by atoms with E-state index in [2.05, 4.69) is 11.9 Å². The number of nitrogens with zero attached hydrogens (tertiary/aromatic N) is 2. The Kier molecular flexibility index (Phi) is 5.20. The molecule has 2 heterocycles. The molecule has 0 radical (unpaired) electrons. The summed E-state index contributed by atoms with van der Waals surface area (Å²) < 4.78 is 0. The van der Waals surface area contributed by atoms with E-state index in [0.717, 1.165) is 19.3 Å². The summed E-state index contributed by atoms with van der Waals surface area (Å²) in [4.78, 5) is 43.9. The zero-order valence-corrected chi connectivity index (χ0v) is 19.1. The molecule has 7 heteroatoms. The molecule has 0 bridgehead atoms. The van der Waals surface area contributed by atoms with Gasteiger partial charge in [-0.2, -0.15) is 0 Å². The van der Waals surface area contributed by atoms with Gasteiger partial charge in [-0.3, -0.25) is 14.5 Å². The molecular formula is C26H23ClN2O4. The fraction of sp³-hybridized carbons (Fsp3) is 0.308. The summed E-state index contributed by atoms with van der Waals surface area (Å²) in [5, 5.41) is 10.8. The van der Waals surface area contributed by atoms with Gasteiger partial charge in [-0.05, 0) is 61.9 Å². The maximum Gasteiger partial charge on any atom is 0.336 e. The quantitative estimate of drug-likeness (QED) is 0.520. The highest BCUT2D eigenvalue weighted by Gasteiger charge is 2.49. The van der Waals surface area contributed by atoms with E-state index in [0.29, 0.717) is 44.4 Å². The third-order valence-electron chi connectivity index (χ3n) is 7.01. The third kappa shape index (κ3) is 3.49. The number of aromatic nitrogens is 1. The molecule has 2 aliphatic rings. The van der Waals surface area contributed by atoms with Crippen LogP contribution in [0.4, 0.5) is 5.69 Å². The Balaban J connectivity index is 1.53. The number of carboxylic acids is 1. The van der Waals surface area contributed by atoms with Crippen LogP contribution in [0.15, 0.2) is 42.5 Å². The Hall–Kier alpha value is -3.25. The molecule has 1 aliphatic heterocycles. The number of amides is 2. The van der Waals surface area contributed by atoms with Crippen LogP contribution in [0.5, 0.6) is 0 Å². The monoisotopic (exact) mass is 462 g/mol. The molecule has 6 nitrogen and oxygen atoms in total.